The standard InChI is InChI=1S/C17H25N3O/c1-3-4-5-6-7-12(2)19-17(21)16-11-13-10-14(18)8-9-15(13)20-16/h8-12,20H,3-7,18H2,1-2H3,(H,19,21). The van der Waals surface area contributed by atoms with Gasteiger partial charge in [0.2, 0.25) is 0 Å². The molecular formula is C17H25N3O. The Morgan fingerprint density at radius 3 is 2.86 bits per heavy atom. The van der Waals surface area contributed by atoms with Crippen LogP contribution in [-0.2, 0) is 0 Å². The van der Waals surface area contributed by atoms with Gasteiger partial charge in [0.05, 0.1) is 0 Å². The number of aromatic nitrogens is 1. The summed E-state index contributed by atoms with van der Waals surface area (Å²) in [6.07, 6.45) is 5.93. The van der Waals surface area contributed by atoms with Crippen LogP contribution in [0.25, 0.3) is 10.9 Å². The van der Waals surface area contributed by atoms with Gasteiger partial charge in [0, 0.05) is 22.6 Å². The van der Waals surface area contributed by atoms with E-state index in [4.69, 9.17) is 5.73 Å². The number of nitrogens with one attached hydrogen (secondary N) is 2. The molecule has 0 radical (unpaired) electrons. The summed E-state index contributed by atoms with van der Waals surface area (Å²) >= 11 is 0. The summed E-state index contributed by atoms with van der Waals surface area (Å²) in [6, 6.07) is 7.65. The first-order chi connectivity index (χ1) is 10.1. The van der Waals surface area contributed by atoms with Crippen LogP contribution in [0.1, 0.15) is 56.4 Å². The number of nitrogen functional groups attached to an aromatic ring is 1. The van der Waals surface area contributed by atoms with Crippen molar-refractivity contribution in [1.29, 1.82) is 0 Å². The lowest BCUT2D eigenvalue weighted by molar-refractivity contribution is 0.0933. The molecule has 4 nitrogen and oxygen atoms in total. The summed E-state index contributed by atoms with van der Waals surface area (Å²) in [7, 11) is 0. The van der Waals surface area contributed by atoms with Gasteiger partial charge in [-0.3, -0.25) is 4.79 Å². The molecule has 1 aromatic carbocycles. The normalized spacial score (nSPS) is 12.5. The molecule has 0 saturated carbocycles. The van der Waals surface area contributed by atoms with Gasteiger partial charge < -0.3 is 16.0 Å². The Bertz CT molecular complexity index is 603. The third-order valence-corrected chi connectivity index (χ3v) is 3.76. The first-order valence-electron chi connectivity index (χ1n) is 7.79. The number of nitrogens with two attached hydrogens (primary N) is 1. The maximum atomic E-state index is 12.2. The zero-order valence-corrected chi connectivity index (χ0v) is 12.9. The van der Waals surface area contributed by atoms with Crippen LogP contribution in [0, 0.1) is 0 Å². The SMILES string of the molecule is CCCCCCC(C)NC(=O)c1cc2cc(N)ccc2[nH]1. The minimum absolute atomic E-state index is 0.0484. The minimum Gasteiger partial charge on any atom is -0.399 e. The van der Waals surface area contributed by atoms with E-state index in [1.54, 1.807) is 0 Å². The molecule has 0 aliphatic carbocycles. The lowest BCUT2D eigenvalue weighted by atomic mass is 10.1. The molecular weight excluding hydrogens is 262 g/mol. The first-order valence-corrected chi connectivity index (χ1v) is 7.79. The molecule has 2 aromatic rings. The Labute approximate surface area is 126 Å². The Morgan fingerprint density at radius 1 is 1.29 bits per heavy atom. The number of anilines is 1. The number of carbonyl (C=O) groups is 1. The van der Waals surface area contributed by atoms with E-state index in [-0.39, 0.29) is 11.9 Å². The van der Waals surface area contributed by atoms with Crippen LogP contribution in [0.15, 0.2) is 24.3 Å². The van der Waals surface area contributed by atoms with Crippen molar-refractivity contribution in [2.45, 2.75) is 52.0 Å². The fourth-order valence-corrected chi connectivity index (χ4v) is 2.52. The van der Waals surface area contributed by atoms with Gasteiger partial charge in [0.15, 0.2) is 0 Å². The monoisotopic (exact) mass is 287 g/mol. The average Bonchev–Trinajstić information content (AvgIpc) is 2.86. The molecule has 1 heterocycles. The van der Waals surface area contributed by atoms with Crippen LogP contribution in [-0.4, -0.2) is 16.9 Å². The molecule has 0 saturated heterocycles. The Morgan fingerprint density at radius 2 is 2.10 bits per heavy atom. The van der Waals surface area contributed by atoms with Crippen molar-refractivity contribution in [3.63, 3.8) is 0 Å². The van der Waals surface area contributed by atoms with E-state index < -0.39 is 0 Å². The van der Waals surface area contributed by atoms with Gasteiger partial charge in [-0.05, 0) is 37.6 Å². The van der Waals surface area contributed by atoms with Gasteiger partial charge >= 0.3 is 0 Å². The van der Waals surface area contributed by atoms with Crippen molar-refractivity contribution < 1.29 is 4.79 Å². The van der Waals surface area contributed by atoms with E-state index >= 15 is 0 Å². The second kappa shape index (κ2) is 7.16. The second-order valence-electron chi connectivity index (χ2n) is 5.75. The van der Waals surface area contributed by atoms with Crippen LogP contribution in [0.2, 0.25) is 0 Å². The number of H-pyrrole nitrogens is 1. The Balaban J connectivity index is 1.92. The molecule has 4 N–H and O–H groups in total. The van der Waals surface area contributed by atoms with E-state index in [0.29, 0.717) is 11.4 Å². The molecule has 4 heteroatoms. The Hall–Kier alpha value is -1.97. The van der Waals surface area contributed by atoms with Gasteiger partial charge in [-0.25, -0.2) is 0 Å². The zero-order valence-electron chi connectivity index (χ0n) is 12.9. The number of hydrogen-bond acceptors (Lipinski definition) is 2. The predicted molar refractivity (Wildman–Crippen MR) is 88.4 cm³/mol. The van der Waals surface area contributed by atoms with Crippen molar-refractivity contribution in [2.24, 2.45) is 0 Å². The maximum Gasteiger partial charge on any atom is 0.267 e. The summed E-state index contributed by atoms with van der Waals surface area (Å²) in [5.41, 5.74) is 7.99. The molecule has 1 amide bonds. The molecule has 0 bridgehead atoms. The molecule has 1 unspecified atom stereocenters. The Kier molecular flexibility index (Phi) is 5.26. The largest absolute Gasteiger partial charge is 0.399 e. The zero-order chi connectivity index (χ0) is 15.2. The number of carbonyl (C=O) groups excluding carboxylic acids is 1. The number of benzene rings is 1. The van der Waals surface area contributed by atoms with Crippen LogP contribution < -0.4 is 11.1 Å². The van der Waals surface area contributed by atoms with Crippen LogP contribution in [0.3, 0.4) is 0 Å². The molecule has 1 aromatic heterocycles. The lowest BCUT2D eigenvalue weighted by Crippen LogP contribution is -2.32. The summed E-state index contributed by atoms with van der Waals surface area (Å²) in [5, 5.41) is 4.02. The third-order valence-electron chi connectivity index (χ3n) is 3.76. The molecule has 0 fully saturated rings. The first kappa shape index (κ1) is 15.4. The number of amides is 1. The molecule has 2 rings (SSSR count). The van der Waals surface area contributed by atoms with E-state index in [9.17, 15) is 4.79 Å². The van der Waals surface area contributed by atoms with Gasteiger partial charge in [0.25, 0.3) is 5.91 Å². The second-order valence-corrected chi connectivity index (χ2v) is 5.75. The summed E-state index contributed by atoms with van der Waals surface area (Å²) in [5.74, 6) is -0.0484. The fraction of sp³-hybridized carbons (Fsp3) is 0.471. The molecule has 0 aliphatic rings. The fourth-order valence-electron chi connectivity index (χ4n) is 2.52. The number of unbranched alkanes of at least 4 members (excludes halogenated alkanes) is 3. The van der Waals surface area contributed by atoms with Crippen molar-refractivity contribution in [3.05, 3.63) is 30.0 Å². The van der Waals surface area contributed by atoms with Crippen LogP contribution >= 0.6 is 0 Å². The van der Waals surface area contributed by atoms with Gasteiger partial charge in [0.1, 0.15) is 5.69 Å². The molecule has 1 atom stereocenters. The number of hydrogen-bond donors (Lipinski definition) is 3. The highest BCUT2D eigenvalue weighted by Gasteiger charge is 2.12. The molecule has 0 aliphatic heterocycles. The molecule has 114 valence electrons. The van der Waals surface area contributed by atoms with Crippen LogP contribution in [0.5, 0.6) is 0 Å². The highest BCUT2D eigenvalue weighted by atomic mass is 16.1. The van der Waals surface area contributed by atoms with Gasteiger partial charge in [-0.2, -0.15) is 0 Å². The van der Waals surface area contributed by atoms with E-state index in [1.165, 1.54) is 25.7 Å². The third kappa shape index (κ3) is 4.25. The molecule has 21 heavy (non-hydrogen) atoms. The summed E-state index contributed by atoms with van der Waals surface area (Å²) < 4.78 is 0. The van der Waals surface area contributed by atoms with Gasteiger partial charge in [-0.1, -0.05) is 32.6 Å². The highest BCUT2D eigenvalue weighted by Crippen LogP contribution is 2.18. The van der Waals surface area contributed by atoms with E-state index in [0.717, 1.165) is 17.3 Å². The quantitative estimate of drug-likeness (QED) is 0.535. The lowest BCUT2D eigenvalue weighted by Gasteiger charge is -2.12. The minimum atomic E-state index is -0.0484. The topological polar surface area (TPSA) is 70.9 Å². The maximum absolute atomic E-state index is 12.2. The molecule has 0 spiro atoms. The highest BCUT2D eigenvalue weighted by molar-refractivity contribution is 5.98. The van der Waals surface area contributed by atoms with Crippen molar-refractivity contribution in [1.82, 2.24) is 10.3 Å². The summed E-state index contributed by atoms with van der Waals surface area (Å²) in [6.45, 7) is 4.26. The number of fused-ring (bicyclic) bond motifs is 1. The smallest absolute Gasteiger partial charge is 0.267 e. The van der Waals surface area contributed by atoms with Crippen molar-refractivity contribution >= 4 is 22.5 Å². The van der Waals surface area contributed by atoms with Crippen molar-refractivity contribution in [2.75, 3.05) is 5.73 Å². The predicted octanol–water partition coefficient (Wildman–Crippen LogP) is 3.84. The number of rotatable bonds is 7. The van der Waals surface area contributed by atoms with Crippen LogP contribution in [0.4, 0.5) is 5.69 Å². The van der Waals surface area contributed by atoms with E-state index in [2.05, 4.69) is 24.1 Å². The van der Waals surface area contributed by atoms with Gasteiger partial charge in [-0.15, -0.1) is 0 Å². The number of aromatic amines is 1. The van der Waals surface area contributed by atoms with Crippen molar-refractivity contribution in [3.8, 4) is 0 Å². The summed E-state index contributed by atoms with van der Waals surface area (Å²) in [4.78, 5) is 15.4. The average molecular weight is 287 g/mol. The van der Waals surface area contributed by atoms with E-state index in [1.807, 2.05) is 24.3 Å².